The average molecular weight is 344 g/mol. The van der Waals surface area contributed by atoms with Crippen molar-refractivity contribution >= 4 is 34.5 Å². The van der Waals surface area contributed by atoms with Crippen LogP contribution in [0.5, 0.6) is 0 Å². The third-order valence-electron chi connectivity index (χ3n) is 4.12. The van der Waals surface area contributed by atoms with Crippen LogP contribution in [0.25, 0.3) is 10.8 Å². The first-order valence-electron chi connectivity index (χ1n) is 8.16. The standard InChI is InChI=1S/C19H20O4S/c1-3-22-18(20)15-11-13-10-9-12-7-5-6-8-14(12)16(13)24-17(15)19(21)23-4-2/h5-10,15,17H,3-4,11H2,1-2H3/t15-,17-/m1/s1. The number of hydrogen-bond acceptors (Lipinski definition) is 5. The molecule has 0 N–H and O–H groups in total. The van der Waals surface area contributed by atoms with Crippen LogP contribution in [0, 0.1) is 5.92 Å². The molecule has 126 valence electrons. The highest BCUT2D eigenvalue weighted by Crippen LogP contribution is 2.43. The lowest BCUT2D eigenvalue weighted by Crippen LogP contribution is -2.38. The summed E-state index contributed by atoms with van der Waals surface area (Å²) in [6.07, 6.45) is 0.496. The average Bonchev–Trinajstić information content (AvgIpc) is 2.61. The molecule has 2 aromatic rings. The molecule has 0 unspecified atom stereocenters. The molecule has 1 aliphatic rings. The van der Waals surface area contributed by atoms with Crippen molar-refractivity contribution in [3.63, 3.8) is 0 Å². The Morgan fingerprint density at radius 3 is 2.50 bits per heavy atom. The van der Waals surface area contributed by atoms with Crippen LogP contribution in [0.1, 0.15) is 19.4 Å². The van der Waals surface area contributed by atoms with Crippen LogP contribution >= 0.6 is 11.8 Å². The van der Waals surface area contributed by atoms with E-state index >= 15 is 0 Å². The summed E-state index contributed by atoms with van der Waals surface area (Å²) in [6.45, 7) is 4.15. The molecule has 0 amide bonds. The summed E-state index contributed by atoms with van der Waals surface area (Å²) in [5, 5.41) is 1.67. The number of carbonyl (C=O) groups excluding carboxylic acids is 2. The Hall–Kier alpha value is -2.01. The molecule has 0 aliphatic carbocycles. The zero-order valence-corrected chi connectivity index (χ0v) is 14.6. The van der Waals surface area contributed by atoms with Crippen molar-refractivity contribution in [1.29, 1.82) is 0 Å². The third kappa shape index (κ3) is 3.13. The second-order valence-electron chi connectivity index (χ2n) is 5.63. The molecule has 3 rings (SSSR count). The Balaban J connectivity index is 2.03. The number of hydrogen-bond donors (Lipinski definition) is 0. The molecule has 5 heteroatoms. The summed E-state index contributed by atoms with van der Waals surface area (Å²) in [5.41, 5.74) is 1.08. The molecule has 1 aliphatic heterocycles. The minimum absolute atomic E-state index is 0.299. The topological polar surface area (TPSA) is 52.6 Å². The second-order valence-corrected chi connectivity index (χ2v) is 6.78. The third-order valence-corrected chi connectivity index (χ3v) is 5.61. The largest absolute Gasteiger partial charge is 0.466 e. The second kappa shape index (κ2) is 7.26. The van der Waals surface area contributed by atoms with Gasteiger partial charge in [0.1, 0.15) is 5.25 Å². The van der Waals surface area contributed by atoms with E-state index in [-0.39, 0.29) is 11.9 Å². The van der Waals surface area contributed by atoms with Crippen molar-refractivity contribution in [1.82, 2.24) is 0 Å². The molecule has 0 fully saturated rings. The molecular weight excluding hydrogens is 324 g/mol. The number of ether oxygens (including phenoxy) is 2. The number of benzene rings is 2. The van der Waals surface area contributed by atoms with Gasteiger partial charge in [-0.25, -0.2) is 0 Å². The molecule has 0 spiro atoms. The summed E-state index contributed by atoms with van der Waals surface area (Å²) in [6, 6.07) is 12.2. The SMILES string of the molecule is CCOC(=O)[C@@H]1Cc2ccc3ccccc3c2S[C@H]1C(=O)OCC. The van der Waals surface area contributed by atoms with Gasteiger partial charge in [0.15, 0.2) is 0 Å². The van der Waals surface area contributed by atoms with Crippen molar-refractivity contribution in [2.45, 2.75) is 30.4 Å². The monoisotopic (exact) mass is 344 g/mol. The van der Waals surface area contributed by atoms with Gasteiger partial charge in [-0.05, 0) is 36.6 Å². The highest BCUT2D eigenvalue weighted by atomic mass is 32.2. The molecule has 24 heavy (non-hydrogen) atoms. The minimum Gasteiger partial charge on any atom is -0.466 e. The lowest BCUT2D eigenvalue weighted by atomic mass is 9.93. The Morgan fingerprint density at radius 2 is 1.75 bits per heavy atom. The van der Waals surface area contributed by atoms with Gasteiger partial charge >= 0.3 is 11.9 Å². The van der Waals surface area contributed by atoms with Gasteiger partial charge in [0, 0.05) is 4.90 Å². The normalized spacial score (nSPS) is 19.6. The molecule has 0 saturated carbocycles. The number of fused-ring (bicyclic) bond motifs is 3. The fourth-order valence-electron chi connectivity index (χ4n) is 3.03. The maximum atomic E-state index is 12.4. The van der Waals surface area contributed by atoms with E-state index in [9.17, 15) is 9.59 Å². The van der Waals surface area contributed by atoms with Gasteiger partial charge < -0.3 is 9.47 Å². The first-order chi connectivity index (χ1) is 11.7. The van der Waals surface area contributed by atoms with E-state index in [0.29, 0.717) is 19.6 Å². The summed E-state index contributed by atoms with van der Waals surface area (Å²) in [4.78, 5) is 25.8. The zero-order chi connectivity index (χ0) is 17.1. The maximum absolute atomic E-state index is 12.4. The van der Waals surface area contributed by atoms with Crippen molar-refractivity contribution in [2.24, 2.45) is 5.92 Å². The number of carbonyl (C=O) groups is 2. The lowest BCUT2D eigenvalue weighted by molar-refractivity contribution is -0.154. The molecule has 0 saturated heterocycles. The molecule has 2 atom stereocenters. The zero-order valence-electron chi connectivity index (χ0n) is 13.8. The van der Waals surface area contributed by atoms with Gasteiger partial charge in [-0.15, -0.1) is 11.8 Å². The van der Waals surface area contributed by atoms with Crippen LogP contribution in [0.15, 0.2) is 41.3 Å². The van der Waals surface area contributed by atoms with Crippen LogP contribution in [0.4, 0.5) is 0 Å². The Bertz CT molecular complexity index is 771. The van der Waals surface area contributed by atoms with E-state index in [1.807, 2.05) is 30.3 Å². The number of thioether (sulfide) groups is 1. The van der Waals surface area contributed by atoms with Crippen LogP contribution in [0.2, 0.25) is 0 Å². The molecule has 4 nitrogen and oxygen atoms in total. The predicted octanol–water partition coefficient (Wildman–Crippen LogP) is 3.60. The molecule has 0 aromatic heterocycles. The Labute approximate surface area is 145 Å². The Kier molecular flexibility index (Phi) is 5.09. The van der Waals surface area contributed by atoms with E-state index in [2.05, 4.69) is 6.07 Å². The van der Waals surface area contributed by atoms with E-state index in [1.54, 1.807) is 13.8 Å². The van der Waals surface area contributed by atoms with Gasteiger partial charge in [0.05, 0.1) is 19.1 Å². The summed E-state index contributed by atoms with van der Waals surface area (Å²) >= 11 is 1.42. The highest BCUT2D eigenvalue weighted by molar-refractivity contribution is 8.01. The molecule has 0 bridgehead atoms. The van der Waals surface area contributed by atoms with Gasteiger partial charge in [0.2, 0.25) is 0 Å². The van der Waals surface area contributed by atoms with Crippen molar-refractivity contribution in [3.05, 3.63) is 42.0 Å². The number of rotatable bonds is 4. The molecular formula is C19H20O4S. The van der Waals surface area contributed by atoms with Gasteiger partial charge in [-0.2, -0.15) is 0 Å². The lowest BCUT2D eigenvalue weighted by Gasteiger charge is -2.30. The summed E-state index contributed by atoms with van der Waals surface area (Å²) in [5.74, 6) is -1.19. The quantitative estimate of drug-likeness (QED) is 0.793. The predicted molar refractivity (Wildman–Crippen MR) is 94.1 cm³/mol. The summed E-state index contributed by atoms with van der Waals surface area (Å²) in [7, 11) is 0. The van der Waals surface area contributed by atoms with Crippen LogP contribution in [-0.4, -0.2) is 30.4 Å². The van der Waals surface area contributed by atoms with Crippen LogP contribution in [-0.2, 0) is 25.5 Å². The molecule has 1 heterocycles. The van der Waals surface area contributed by atoms with Crippen LogP contribution in [0.3, 0.4) is 0 Å². The molecule has 2 aromatic carbocycles. The van der Waals surface area contributed by atoms with Gasteiger partial charge in [-0.1, -0.05) is 36.4 Å². The van der Waals surface area contributed by atoms with Crippen molar-refractivity contribution < 1.29 is 19.1 Å². The highest BCUT2D eigenvalue weighted by Gasteiger charge is 2.41. The van der Waals surface area contributed by atoms with E-state index in [4.69, 9.17) is 9.47 Å². The first-order valence-corrected chi connectivity index (χ1v) is 9.04. The first kappa shape index (κ1) is 16.8. The Morgan fingerprint density at radius 1 is 1.04 bits per heavy atom. The van der Waals surface area contributed by atoms with Gasteiger partial charge in [0.25, 0.3) is 0 Å². The fraction of sp³-hybridized carbons (Fsp3) is 0.368. The summed E-state index contributed by atoms with van der Waals surface area (Å²) < 4.78 is 10.4. The molecule has 0 radical (unpaired) electrons. The van der Waals surface area contributed by atoms with E-state index in [1.165, 1.54) is 11.8 Å². The van der Waals surface area contributed by atoms with Crippen LogP contribution < -0.4 is 0 Å². The van der Waals surface area contributed by atoms with Gasteiger partial charge in [-0.3, -0.25) is 9.59 Å². The van der Waals surface area contributed by atoms with E-state index < -0.39 is 11.2 Å². The number of esters is 2. The smallest absolute Gasteiger partial charge is 0.320 e. The maximum Gasteiger partial charge on any atom is 0.320 e. The van der Waals surface area contributed by atoms with E-state index in [0.717, 1.165) is 21.2 Å². The van der Waals surface area contributed by atoms with Crippen molar-refractivity contribution in [3.8, 4) is 0 Å². The minimum atomic E-state index is -0.567. The van der Waals surface area contributed by atoms with Crippen molar-refractivity contribution in [2.75, 3.05) is 13.2 Å². The fourth-order valence-corrected chi connectivity index (χ4v) is 4.44.